The Labute approximate surface area is 114 Å². The third-order valence-corrected chi connectivity index (χ3v) is 3.83. The number of hydrogen-bond donors (Lipinski definition) is 2. The molecule has 1 rings (SSSR count). The van der Waals surface area contributed by atoms with Crippen LogP contribution in [0.3, 0.4) is 0 Å². The summed E-state index contributed by atoms with van der Waals surface area (Å²) in [4.78, 5) is 13.2. The second-order valence-electron chi connectivity index (χ2n) is 5.48. The summed E-state index contributed by atoms with van der Waals surface area (Å²) in [6.45, 7) is 8.37. The minimum absolute atomic E-state index is 0.0456. The van der Waals surface area contributed by atoms with E-state index < -0.39 is 6.04 Å². The van der Waals surface area contributed by atoms with Crippen molar-refractivity contribution in [1.82, 2.24) is 5.32 Å². The van der Waals surface area contributed by atoms with Gasteiger partial charge in [0.1, 0.15) is 0 Å². The maximum atomic E-state index is 12.1. The molecule has 3 nitrogen and oxygen atoms in total. The van der Waals surface area contributed by atoms with Gasteiger partial charge >= 0.3 is 0 Å². The molecular weight excluding hydrogens is 244 g/mol. The lowest BCUT2D eigenvalue weighted by molar-refractivity contribution is -0.123. The molecule has 0 aromatic carbocycles. The van der Waals surface area contributed by atoms with Gasteiger partial charge in [-0.2, -0.15) is 0 Å². The maximum absolute atomic E-state index is 12.1. The van der Waals surface area contributed by atoms with Gasteiger partial charge in [-0.15, -0.1) is 11.3 Å². The Bertz CT molecular complexity index is 360. The van der Waals surface area contributed by atoms with E-state index in [9.17, 15) is 4.79 Å². The Kier molecular flexibility index (Phi) is 5.82. The van der Waals surface area contributed by atoms with Crippen LogP contribution < -0.4 is 11.1 Å². The molecule has 4 heteroatoms. The zero-order valence-electron chi connectivity index (χ0n) is 11.6. The highest BCUT2D eigenvalue weighted by Gasteiger charge is 2.22. The standard InChI is InChI=1S/C14H24N2OS/c1-9(2)8-11(15)14(17)16-13(10(3)4)12-6-5-7-18-12/h5-7,9-11,13H,8,15H2,1-4H3,(H,16,17)/t11-,13?/m1/s1. The van der Waals surface area contributed by atoms with Gasteiger partial charge in [-0.3, -0.25) is 4.79 Å². The zero-order chi connectivity index (χ0) is 13.7. The number of carbonyl (C=O) groups excluding carboxylic acids is 1. The molecule has 0 aliphatic rings. The van der Waals surface area contributed by atoms with E-state index >= 15 is 0 Å². The normalized spacial score (nSPS) is 14.8. The van der Waals surface area contributed by atoms with Gasteiger partial charge in [-0.05, 0) is 29.7 Å². The second kappa shape index (κ2) is 6.90. The Morgan fingerprint density at radius 1 is 1.39 bits per heavy atom. The Morgan fingerprint density at radius 2 is 2.06 bits per heavy atom. The fourth-order valence-corrected chi connectivity index (χ4v) is 2.86. The molecule has 0 bridgehead atoms. The predicted molar refractivity (Wildman–Crippen MR) is 77.5 cm³/mol. The van der Waals surface area contributed by atoms with Crippen molar-refractivity contribution in [2.24, 2.45) is 17.6 Å². The maximum Gasteiger partial charge on any atom is 0.237 e. The van der Waals surface area contributed by atoms with Crippen LogP contribution in [0.5, 0.6) is 0 Å². The third-order valence-electron chi connectivity index (χ3n) is 2.88. The molecule has 0 aliphatic heterocycles. The second-order valence-corrected chi connectivity index (χ2v) is 6.46. The molecule has 18 heavy (non-hydrogen) atoms. The van der Waals surface area contributed by atoms with Crippen LogP contribution in [0.15, 0.2) is 17.5 Å². The Morgan fingerprint density at radius 3 is 2.50 bits per heavy atom. The molecule has 3 N–H and O–H groups in total. The van der Waals surface area contributed by atoms with E-state index in [1.165, 1.54) is 4.88 Å². The largest absolute Gasteiger partial charge is 0.347 e. The zero-order valence-corrected chi connectivity index (χ0v) is 12.5. The molecule has 1 aromatic heterocycles. The van der Waals surface area contributed by atoms with Crippen molar-refractivity contribution in [3.8, 4) is 0 Å². The average molecular weight is 268 g/mol. The first-order chi connectivity index (χ1) is 8.41. The van der Waals surface area contributed by atoms with Gasteiger partial charge in [0.25, 0.3) is 0 Å². The lowest BCUT2D eigenvalue weighted by atomic mass is 10.00. The van der Waals surface area contributed by atoms with Crippen molar-refractivity contribution < 1.29 is 4.79 Å². The van der Waals surface area contributed by atoms with Crippen LogP contribution in [0.25, 0.3) is 0 Å². The van der Waals surface area contributed by atoms with Crippen LogP contribution in [0.2, 0.25) is 0 Å². The summed E-state index contributed by atoms with van der Waals surface area (Å²) in [6.07, 6.45) is 0.723. The smallest absolute Gasteiger partial charge is 0.237 e. The summed E-state index contributed by atoms with van der Waals surface area (Å²) < 4.78 is 0. The summed E-state index contributed by atoms with van der Waals surface area (Å²) in [5, 5.41) is 5.10. The SMILES string of the molecule is CC(C)C[C@@H](N)C(=O)NC(c1cccs1)C(C)C. The van der Waals surface area contributed by atoms with Gasteiger partial charge in [-0.25, -0.2) is 0 Å². The molecule has 0 spiro atoms. The van der Waals surface area contributed by atoms with Gasteiger partial charge in [0.2, 0.25) is 5.91 Å². The molecule has 1 amide bonds. The summed E-state index contributed by atoms with van der Waals surface area (Å²) in [5.74, 6) is 0.750. The number of thiophene rings is 1. The summed E-state index contributed by atoms with van der Waals surface area (Å²) in [7, 11) is 0. The highest BCUT2D eigenvalue weighted by molar-refractivity contribution is 7.10. The first kappa shape index (κ1) is 15.2. The van der Waals surface area contributed by atoms with E-state index in [2.05, 4.69) is 39.1 Å². The summed E-state index contributed by atoms with van der Waals surface area (Å²) in [6, 6.07) is 3.72. The van der Waals surface area contributed by atoms with Crippen LogP contribution in [0.4, 0.5) is 0 Å². The van der Waals surface area contributed by atoms with Gasteiger partial charge in [0.05, 0.1) is 12.1 Å². The topological polar surface area (TPSA) is 55.1 Å². The van der Waals surface area contributed by atoms with Crippen LogP contribution in [-0.4, -0.2) is 11.9 Å². The molecule has 0 radical (unpaired) electrons. The Balaban J connectivity index is 2.65. The molecule has 1 unspecified atom stereocenters. The highest BCUT2D eigenvalue weighted by atomic mass is 32.1. The molecule has 0 fully saturated rings. The van der Waals surface area contributed by atoms with E-state index in [0.717, 1.165) is 6.42 Å². The van der Waals surface area contributed by atoms with Crippen LogP contribution in [0, 0.1) is 11.8 Å². The van der Waals surface area contributed by atoms with Crippen molar-refractivity contribution in [1.29, 1.82) is 0 Å². The quantitative estimate of drug-likeness (QED) is 0.833. The van der Waals surface area contributed by atoms with Gasteiger partial charge in [0.15, 0.2) is 0 Å². The van der Waals surface area contributed by atoms with Crippen molar-refractivity contribution in [3.05, 3.63) is 22.4 Å². The first-order valence-electron chi connectivity index (χ1n) is 6.51. The molecule has 0 saturated carbocycles. The highest BCUT2D eigenvalue weighted by Crippen LogP contribution is 2.25. The number of rotatable bonds is 6. The number of amides is 1. The van der Waals surface area contributed by atoms with Crippen molar-refractivity contribution in [2.45, 2.75) is 46.2 Å². The number of nitrogens with two attached hydrogens (primary N) is 1. The van der Waals surface area contributed by atoms with Gasteiger partial charge in [0, 0.05) is 4.88 Å². The molecular formula is C14H24N2OS. The number of carbonyl (C=O) groups is 1. The fraction of sp³-hybridized carbons (Fsp3) is 0.643. The van der Waals surface area contributed by atoms with Crippen molar-refractivity contribution in [3.63, 3.8) is 0 Å². The van der Waals surface area contributed by atoms with E-state index in [4.69, 9.17) is 5.73 Å². The molecule has 1 aromatic rings. The molecule has 1 heterocycles. The minimum atomic E-state index is -0.411. The Hall–Kier alpha value is -0.870. The summed E-state index contributed by atoms with van der Waals surface area (Å²) in [5.41, 5.74) is 5.91. The van der Waals surface area contributed by atoms with Crippen molar-refractivity contribution >= 4 is 17.2 Å². The average Bonchev–Trinajstić information content (AvgIpc) is 2.77. The molecule has 0 aliphatic carbocycles. The van der Waals surface area contributed by atoms with Crippen LogP contribution >= 0.6 is 11.3 Å². The van der Waals surface area contributed by atoms with E-state index in [0.29, 0.717) is 11.8 Å². The molecule has 2 atom stereocenters. The minimum Gasteiger partial charge on any atom is -0.347 e. The van der Waals surface area contributed by atoms with E-state index in [1.807, 2.05) is 11.4 Å². The lowest BCUT2D eigenvalue weighted by Crippen LogP contribution is -2.43. The van der Waals surface area contributed by atoms with Crippen molar-refractivity contribution in [2.75, 3.05) is 0 Å². The van der Waals surface area contributed by atoms with Gasteiger partial charge in [-0.1, -0.05) is 33.8 Å². The molecule has 102 valence electrons. The number of hydrogen-bond acceptors (Lipinski definition) is 3. The van der Waals surface area contributed by atoms with Crippen LogP contribution in [0.1, 0.15) is 45.0 Å². The number of nitrogens with one attached hydrogen (secondary N) is 1. The van der Waals surface area contributed by atoms with E-state index in [1.54, 1.807) is 11.3 Å². The molecule has 0 saturated heterocycles. The predicted octanol–water partition coefficient (Wildman–Crippen LogP) is 2.93. The van der Waals surface area contributed by atoms with Crippen LogP contribution in [-0.2, 0) is 4.79 Å². The lowest BCUT2D eigenvalue weighted by Gasteiger charge is -2.23. The van der Waals surface area contributed by atoms with E-state index in [-0.39, 0.29) is 11.9 Å². The summed E-state index contributed by atoms with van der Waals surface area (Å²) >= 11 is 1.67. The fourth-order valence-electron chi connectivity index (χ4n) is 1.91. The first-order valence-corrected chi connectivity index (χ1v) is 7.39. The third kappa shape index (κ3) is 4.42. The monoisotopic (exact) mass is 268 g/mol. The van der Waals surface area contributed by atoms with Gasteiger partial charge < -0.3 is 11.1 Å².